The normalized spacial score (nSPS) is 11.5. The summed E-state index contributed by atoms with van der Waals surface area (Å²) >= 11 is 0. The van der Waals surface area contributed by atoms with Gasteiger partial charge in [-0.15, -0.1) is 0 Å². The van der Waals surface area contributed by atoms with Crippen molar-refractivity contribution in [1.29, 1.82) is 0 Å². The van der Waals surface area contributed by atoms with Gasteiger partial charge >= 0.3 is 0 Å². The molecule has 0 heterocycles. The van der Waals surface area contributed by atoms with Crippen LogP contribution in [0.15, 0.2) is 29.2 Å². The van der Waals surface area contributed by atoms with E-state index in [0.29, 0.717) is 4.90 Å². The zero-order valence-corrected chi connectivity index (χ0v) is 8.58. The highest BCUT2D eigenvalue weighted by atomic mass is 33.1. The summed E-state index contributed by atoms with van der Waals surface area (Å²) in [6.45, 7) is 1.93. The number of rotatable bonds is 2. The molecule has 0 aliphatic rings. The van der Waals surface area contributed by atoms with Crippen LogP contribution < -0.4 is 0 Å². The van der Waals surface area contributed by atoms with E-state index in [1.807, 2.05) is 6.92 Å². The van der Waals surface area contributed by atoms with E-state index in [0.717, 1.165) is 16.4 Å². The van der Waals surface area contributed by atoms with Gasteiger partial charge in [-0.05, 0) is 36.1 Å². The third-order valence-electron chi connectivity index (χ3n) is 1.53. The molecule has 0 unspecified atom stereocenters. The fraction of sp³-hybridized carbons (Fsp3) is 0.250. The highest BCUT2D eigenvalue weighted by molar-refractivity contribution is 8.71. The van der Waals surface area contributed by atoms with Gasteiger partial charge in [-0.2, -0.15) is 0 Å². The van der Waals surface area contributed by atoms with Gasteiger partial charge in [0, 0.05) is 0 Å². The third-order valence-corrected chi connectivity index (χ3v) is 4.71. The Morgan fingerprint density at radius 2 is 1.67 bits per heavy atom. The Hall–Kier alpha value is -0.480. The summed E-state index contributed by atoms with van der Waals surface area (Å²) in [7, 11) is -2.24. The average Bonchev–Trinajstić information content (AvgIpc) is 2.05. The molecule has 1 aromatic rings. The molecule has 12 heavy (non-hydrogen) atoms. The monoisotopic (exact) mass is 202 g/mol. The smallest absolute Gasteiger partial charge is 0.212 e. The second-order valence-corrected chi connectivity index (χ2v) is 6.46. The zero-order chi connectivity index (χ0) is 9.19. The molecule has 0 radical (unpaired) electrons. The first kappa shape index (κ1) is 9.61. The molecule has 0 amide bonds. The Morgan fingerprint density at radius 3 is 2.08 bits per heavy atom. The van der Waals surface area contributed by atoms with Crippen LogP contribution in [0, 0.1) is 6.92 Å². The minimum absolute atomic E-state index is 0.376. The molecule has 0 fully saturated rings. The molecule has 0 N–H and O–H groups in total. The van der Waals surface area contributed by atoms with Crippen molar-refractivity contribution < 1.29 is 8.42 Å². The molecule has 0 saturated carbocycles. The molecular weight excluding hydrogens is 192 g/mol. The third kappa shape index (κ3) is 2.01. The minimum atomic E-state index is -3.10. The van der Waals surface area contributed by atoms with Crippen LogP contribution in [-0.2, 0) is 8.87 Å². The summed E-state index contributed by atoms with van der Waals surface area (Å²) in [5.41, 5.74) is 1.06. The maximum atomic E-state index is 11.3. The molecule has 0 saturated heterocycles. The van der Waals surface area contributed by atoms with Gasteiger partial charge in [-0.25, -0.2) is 8.42 Å². The molecule has 0 spiro atoms. The molecule has 66 valence electrons. The Kier molecular flexibility index (Phi) is 2.80. The summed E-state index contributed by atoms with van der Waals surface area (Å²) in [6, 6.07) is 6.84. The van der Waals surface area contributed by atoms with E-state index in [9.17, 15) is 8.42 Å². The van der Waals surface area contributed by atoms with Crippen LogP contribution in [0.25, 0.3) is 0 Å². The SMILES string of the molecule is CSS(=O)(=O)c1ccc(C)cc1. The largest absolute Gasteiger partial charge is 0.229 e. The molecule has 0 aromatic heterocycles. The van der Waals surface area contributed by atoms with Crippen molar-refractivity contribution in [3.63, 3.8) is 0 Å². The van der Waals surface area contributed by atoms with Crippen molar-refractivity contribution >= 4 is 19.7 Å². The Morgan fingerprint density at radius 1 is 1.17 bits per heavy atom. The van der Waals surface area contributed by atoms with E-state index in [1.54, 1.807) is 30.5 Å². The van der Waals surface area contributed by atoms with Gasteiger partial charge in [0.05, 0.1) is 4.90 Å². The van der Waals surface area contributed by atoms with Gasteiger partial charge in [-0.1, -0.05) is 17.7 Å². The number of hydrogen-bond donors (Lipinski definition) is 0. The van der Waals surface area contributed by atoms with E-state index in [-0.39, 0.29) is 0 Å². The van der Waals surface area contributed by atoms with Gasteiger partial charge in [0.1, 0.15) is 0 Å². The maximum absolute atomic E-state index is 11.3. The molecule has 0 aliphatic heterocycles. The van der Waals surface area contributed by atoms with Crippen molar-refractivity contribution in [2.24, 2.45) is 0 Å². The van der Waals surface area contributed by atoms with Crippen LogP contribution in [0.1, 0.15) is 5.56 Å². The molecule has 0 bridgehead atoms. The van der Waals surface area contributed by atoms with Crippen molar-refractivity contribution in [1.82, 2.24) is 0 Å². The van der Waals surface area contributed by atoms with Crippen LogP contribution in [0.3, 0.4) is 0 Å². The predicted octanol–water partition coefficient (Wildman–Crippen LogP) is 2.05. The van der Waals surface area contributed by atoms with Crippen LogP contribution in [0.5, 0.6) is 0 Å². The molecular formula is C8H10O2S2. The summed E-state index contributed by atoms with van der Waals surface area (Å²) in [6.07, 6.45) is 1.56. The first-order valence-corrected chi connectivity index (χ1v) is 6.66. The predicted molar refractivity (Wildman–Crippen MR) is 51.9 cm³/mol. The van der Waals surface area contributed by atoms with Crippen LogP contribution in [0.2, 0.25) is 0 Å². The average molecular weight is 202 g/mol. The van der Waals surface area contributed by atoms with Gasteiger partial charge in [0.25, 0.3) is 0 Å². The van der Waals surface area contributed by atoms with Gasteiger partial charge in [-0.3, -0.25) is 0 Å². The van der Waals surface area contributed by atoms with Crippen molar-refractivity contribution in [3.05, 3.63) is 29.8 Å². The second-order valence-electron chi connectivity index (χ2n) is 2.43. The number of aryl methyl sites for hydroxylation is 1. The van der Waals surface area contributed by atoms with Crippen molar-refractivity contribution in [2.45, 2.75) is 11.8 Å². The first-order valence-electron chi connectivity index (χ1n) is 3.43. The lowest BCUT2D eigenvalue weighted by Crippen LogP contribution is -1.93. The highest BCUT2D eigenvalue weighted by Crippen LogP contribution is 2.20. The van der Waals surface area contributed by atoms with Crippen LogP contribution >= 0.6 is 10.8 Å². The van der Waals surface area contributed by atoms with Crippen LogP contribution in [-0.4, -0.2) is 14.7 Å². The summed E-state index contributed by atoms with van der Waals surface area (Å²) in [5, 5.41) is 0. The van der Waals surface area contributed by atoms with E-state index < -0.39 is 8.87 Å². The molecule has 2 nitrogen and oxygen atoms in total. The Labute approximate surface area is 76.3 Å². The van der Waals surface area contributed by atoms with Gasteiger partial charge < -0.3 is 0 Å². The summed E-state index contributed by atoms with van der Waals surface area (Å²) in [4.78, 5) is 0.376. The zero-order valence-electron chi connectivity index (χ0n) is 6.94. The van der Waals surface area contributed by atoms with Gasteiger partial charge in [0.2, 0.25) is 8.87 Å². The quantitative estimate of drug-likeness (QED) is 0.688. The lowest BCUT2D eigenvalue weighted by molar-refractivity contribution is 0.610. The Bertz CT molecular complexity index is 351. The summed E-state index contributed by atoms with van der Waals surface area (Å²) in [5.74, 6) is 0. The van der Waals surface area contributed by atoms with Crippen molar-refractivity contribution in [3.8, 4) is 0 Å². The molecule has 4 heteroatoms. The van der Waals surface area contributed by atoms with Crippen molar-refractivity contribution in [2.75, 3.05) is 6.26 Å². The number of benzene rings is 1. The number of hydrogen-bond acceptors (Lipinski definition) is 3. The van der Waals surface area contributed by atoms with E-state index in [1.165, 1.54) is 0 Å². The van der Waals surface area contributed by atoms with E-state index in [2.05, 4.69) is 0 Å². The highest BCUT2D eigenvalue weighted by Gasteiger charge is 2.10. The standard InChI is InChI=1S/C8H10O2S2/c1-7-3-5-8(6-4-7)12(9,10)11-2/h3-6H,1-2H3. The first-order chi connectivity index (χ1) is 5.56. The Balaban J connectivity index is 3.14. The molecule has 0 aliphatic carbocycles. The fourth-order valence-electron chi connectivity index (χ4n) is 0.801. The lowest BCUT2D eigenvalue weighted by Gasteiger charge is -1.99. The maximum Gasteiger partial charge on any atom is 0.229 e. The van der Waals surface area contributed by atoms with Crippen LogP contribution in [0.4, 0.5) is 0 Å². The lowest BCUT2D eigenvalue weighted by atomic mass is 10.2. The molecule has 0 atom stereocenters. The van der Waals surface area contributed by atoms with Gasteiger partial charge in [0.15, 0.2) is 0 Å². The molecule has 1 rings (SSSR count). The second kappa shape index (κ2) is 3.49. The molecule has 1 aromatic carbocycles. The van der Waals surface area contributed by atoms with E-state index in [4.69, 9.17) is 0 Å². The minimum Gasteiger partial charge on any atom is -0.212 e. The fourth-order valence-corrected chi connectivity index (χ4v) is 2.37. The topological polar surface area (TPSA) is 34.1 Å². The summed E-state index contributed by atoms with van der Waals surface area (Å²) < 4.78 is 22.6. The van der Waals surface area contributed by atoms with E-state index >= 15 is 0 Å².